The zero-order valence-electron chi connectivity index (χ0n) is 33.3. The lowest BCUT2D eigenvalue weighted by atomic mass is 9.74. The minimum Gasteiger partial charge on any atom is -0.377 e. The Hall–Kier alpha value is -1.33. The van der Waals surface area contributed by atoms with Gasteiger partial charge in [-0.3, -0.25) is 0 Å². The van der Waals surface area contributed by atoms with Crippen molar-refractivity contribution in [3.05, 3.63) is 34.7 Å². The molecule has 45 heavy (non-hydrogen) atoms. The molecule has 0 aliphatic heterocycles. The first-order valence-electron chi connectivity index (χ1n) is 17.2. The van der Waals surface area contributed by atoms with Gasteiger partial charge in [0, 0.05) is 4.91 Å². The fourth-order valence-corrected chi connectivity index (χ4v) is 4.97. The van der Waals surface area contributed by atoms with Crippen molar-refractivity contribution in [1.82, 2.24) is 0 Å². The monoisotopic (exact) mass is 636 g/mol. The van der Waals surface area contributed by atoms with Crippen molar-refractivity contribution in [2.24, 2.45) is 32.7 Å². The highest BCUT2D eigenvalue weighted by atomic mass is 16.5. The summed E-state index contributed by atoms with van der Waals surface area (Å²) in [6.07, 6.45) is 11.3. The van der Waals surface area contributed by atoms with Gasteiger partial charge in [0.15, 0.2) is 0 Å². The van der Waals surface area contributed by atoms with Crippen LogP contribution in [0.15, 0.2) is 29.4 Å². The van der Waals surface area contributed by atoms with E-state index in [1.54, 1.807) is 0 Å². The zero-order valence-corrected chi connectivity index (χ0v) is 33.3. The highest BCUT2D eigenvalue weighted by Gasteiger charge is 2.27. The summed E-state index contributed by atoms with van der Waals surface area (Å²) in [6, 6.07) is 0. The third-order valence-electron chi connectivity index (χ3n) is 6.64. The van der Waals surface area contributed by atoms with Crippen LogP contribution in [-0.2, 0) is 14.2 Å². The van der Waals surface area contributed by atoms with E-state index < -0.39 is 0 Å². The van der Waals surface area contributed by atoms with Crippen molar-refractivity contribution in [2.45, 2.75) is 187 Å². The van der Waals surface area contributed by atoms with Crippen LogP contribution < -0.4 is 0 Å². The van der Waals surface area contributed by atoms with E-state index in [-0.39, 0.29) is 28.3 Å². The molecule has 0 bridgehead atoms. The number of rotatable bonds is 8. The summed E-state index contributed by atoms with van der Waals surface area (Å²) in [4.78, 5) is 2.80. The van der Waals surface area contributed by atoms with E-state index in [0.29, 0.717) is 23.5 Å². The van der Waals surface area contributed by atoms with Crippen LogP contribution in [0.2, 0.25) is 0 Å². The second-order valence-corrected chi connectivity index (χ2v) is 19.6. The standard InChI is InChI=1S/C16H30O.C13H26O.C10H21N3O/c1-15(2,3)13-9-7-8-10-14(12-11-13)17-16(4,5)6;1-11(8-12(2,3)4)9-14-10-13(5,6)7;1-9(2,3)7-8(12-13-11)14-10(4,5)6/h8,10,13-14H,7,9,11-12H2,1-6H3;1,8-10H2,2-7H3;8H,7H2,1-6H3/b10-8+;;. The van der Waals surface area contributed by atoms with Gasteiger partial charge in [-0.1, -0.05) is 113 Å². The Labute approximate surface area is 281 Å². The first kappa shape index (κ1) is 45.8. The Kier molecular flexibility index (Phi) is 19.8. The second-order valence-electron chi connectivity index (χ2n) is 19.6. The van der Waals surface area contributed by atoms with Gasteiger partial charge in [-0.15, -0.1) is 0 Å². The summed E-state index contributed by atoms with van der Waals surface area (Å²) >= 11 is 0. The number of hydrogen-bond donors (Lipinski definition) is 0. The Bertz CT molecular complexity index is 875. The third-order valence-corrected chi connectivity index (χ3v) is 6.64. The average molecular weight is 636 g/mol. The fourth-order valence-electron chi connectivity index (χ4n) is 4.97. The Morgan fingerprint density at radius 3 is 1.76 bits per heavy atom. The Morgan fingerprint density at radius 2 is 1.36 bits per heavy atom. The summed E-state index contributed by atoms with van der Waals surface area (Å²) in [5, 5.41) is 3.65. The SMILES string of the molecule is C=C(COCC(C)(C)C)CC(C)(C)C.CC(C)(C)CC(N=[N+]=[N-])OC(C)(C)C.CC(C)(C)OC1/C=C/CCC(C(C)(C)C)CC1. The predicted octanol–water partition coefficient (Wildman–Crippen LogP) is 12.9. The lowest BCUT2D eigenvalue weighted by molar-refractivity contribution is -0.0704. The average Bonchev–Trinajstić information content (AvgIpc) is 2.70. The normalized spacial score (nSPS) is 19.8. The minimum atomic E-state index is -0.375. The van der Waals surface area contributed by atoms with E-state index in [1.165, 1.54) is 24.8 Å². The number of nitrogens with zero attached hydrogens (tertiary/aromatic N) is 3. The molecule has 0 aromatic carbocycles. The van der Waals surface area contributed by atoms with Gasteiger partial charge in [-0.05, 0) is 113 Å². The molecule has 1 rings (SSSR count). The molecule has 0 fully saturated rings. The molecule has 0 saturated carbocycles. The number of azide groups is 1. The summed E-state index contributed by atoms with van der Waals surface area (Å²) < 4.78 is 17.3. The molecule has 6 nitrogen and oxygen atoms in total. The van der Waals surface area contributed by atoms with Crippen molar-refractivity contribution in [3.8, 4) is 0 Å². The van der Waals surface area contributed by atoms with Crippen LogP contribution in [-0.4, -0.2) is 36.7 Å². The second kappa shape index (κ2) is 19.5. The van der Waals surface area contributed by atoms with Gasteiger partial charge in [0.1, 0.15) is 6.23 Å². The van der Waals surface area contributed by atoms with Gasteiger partial charge >= 0.3 is 0 Å². The molecule has 1 aliphatic carbocycles. The zero-order chi connectivity index (χ0) is 35.9. The Balaban J connectivity index is 0. The molecule has 0 spiro atoms. The van der Waals surface area contributed by atoms with Crippen LogP contribution in [0.4, 0.5) is 0 Å². The van der Waals surface area contributed by atoms with Gasteiger partial charge in [-0.25, -0.2) is 0 Å². The van der Waals surface area contributed by atoms with Crippen LogP contribution in [0.1, 0.15) is 163 Å². The molecular weight excluding hydrogens is 558 g/mol. The third kappa shape index (κ3) is 32.4. The van der Waals surface area contributed by atoms with Crippen molar-refractivity contribution in [1.29, 1.82) is 0 Å². The molecule has 0 aromatic rings. The topological polar surface area (TPSA) is 76.5 Å². The molecule has 1 aliphatic rings. The molecule has 0 N–H and O–H groups in total. The van der Waals surface area contributed by atoms with Crippen LogP contribution in [0.5, 0.6) is 0 Å². The summed E-state index contributed by atoms with van der Waals surface area (Å²) in [5.74, 6) is 0.818. The van der Waals surface area contributed by atoms with E-state index in [0.717, 1.165) is 31.8 Å². The van der Waals surface area contributed by atoms with E-state index >= 15 is 0 Å². The molecule has 6 heteroatoms. The van der Waals surface area contributed by atoms with Crippen molar-refractivity contribution < 1.29 is 14.2 Å². The van der Waals surface area contributed by atoms with Gasteiger partial charge in [0.05, 0.1) is 30.5 Å². The maximum absolute atomic E-state index is 8.41. The van der Waals surface area contributed by atoms with Crippen molar-refractivity contribution in [3.63, 3.8) is 0 Å². The lowest BCUT2D eigenvalue weighted by Crippen LogP contribution is -2.29. The van der Waals surface area contributed by atoms with Crippen molar-refractivity contribution in [2.75, 3.05) is 13.2 Å². The van der Waals surface area contributed by atoms with Crippen LogP contribution in [0, 0.1) is 27.6 Å². The Morgan fingerprint density at radius 1 is 0.800 bits per heavy atom. The largest absolute Gasteiger partial charge is 0.377 e. The highest BCUT2D eigenvalue weighted by molar-refractivity contribution is 4.98. The predicted molar refractivity (Wildman–Crippen MR) is 197 cm³/mol. The van der Waals surface area contributed by atoms with E-state index in [4.69, 9.17) is 19.7 Å². The smallest absolute Gasteiger partial charge is 0.137 e. The molecule has 0 amide bonds. The lowest BCUT2D eigenvalue weighted by Gasteiger charge is -2.34. The molecular formula is C39H77N3O3. The summed E-state index contributed by atoms with van der Waals surface area (Å²) in [5.41, 5.74) is 10.4. The maximum atomic E-state index is 8.41. The molecule has 0 saturated heterocycles. The number of allylic oxidation sites excluding steroid dienone is 1. The summed E-state index contributed by atoms with van der Waals surface area (Å²) in [6.45, 7) is 44.4. The van der Waals surface area contributed by atoms with Crippen LogP contribution in [0.3, 0.4) is 0 Å². The van der Waals surface area contributed by atoms with E-state index in [9.17, 15) is 0 Å². The molecule has 266 valence electrons. The fraction of sp³-hybridized carbons (Fsp3) is 0.897. The first-order valence-corrected chi connectivity index (χ1v) is 17.2. The molecule has 0 aromatic heterocycles. The van der Waals surface area contributed by atoms with Gasteiger partial charge < -0.3 is 14.2 Å². The molecule has 0 radical (unpaired) electrons. The van der Waals surface area contributed by atoms with E-state index in [2.05, 4.69) is 133 Å². The number of hydrogen-bond acceptors (Lipinski definition) is 4. The quantitative estimate of drug-likeness (QED) is 0.115. The number of ether oxygens (including phenoxy) is 3. The minimum absolute atomic E-state index is 0.0363. The van der Waals surface area contributed by atoms with E-state index in [1.807, 2.05) is 20.8 Å². The van der Waals surface area contributed by atoms with Crippen LogP contribution in [0.25, 0.3) is 10.4 Å². The molecule has 0 heterocycles. The van der Waals surface area contributed by atoms with Crippen molar-refractivity contribution >= 4 is 0 Å². The van der Waals surface area contributed by atoms with Gasteiger partial charge in [-0.2, -0.15) is 0 Å². The molecule has 3 atom stereocenters. The van der Waals surface area contributed by atoms with Crippen LogP contribution >= 0.6 is 0 Å². The van der Waals surface area contributed by atoms with Gasteiger partial charge in [0.25, 0.3) is 0 Å². The maximum Gasteiger partial charge on any atom is 0.137 e. The molecule has 3 unspecified atom stereocenters. The highest BCUT2D eigenvalue weighted by Crippen LogP contribution is 2.36. The first-order chi connectivity index (χ1) is 19.9. The van der Waals surface area contributed by atoms with Gasteiger partial charge in [0.2, 0.25) is 0 Å². The summed E-state index contributed by atoms with van der Waals surface area (Å²) in [7, 11) is 0.